The van der Waals surface area contributed by atoms with Gasteiger partial charge in [0.2, 0.25) is 5.88 Å². The molecule has 0 fully saturated rings. The second-order valence-electron chi connectivity index (χ2n) is 7.52. The van der Waals surface area contributed by atoms with Crippen molar-refractivity contribution in [3.8, 4) is 6.07 Å². The minimum absolute atomic E-state index is 0.162. The van der Waals surface area contributed by atoms with Gasteiger partial charge in [0.25, 0.3) is 0 Å². The first-order valence-electron chi connectivity index (χ1n) is 9.64. The number of pyridine rings is 2. The van der Waals surface area contributed by atoms with E-state index in [0.717, 1.165) is 34.6 Å². The molecule has 2 aliphatic heterocycles. The van der Waals surface area contributed by atoms with Crippen molar-refractivity contribution in [2.45, 2.75) is 25.8 Å². The first-order chi connectivity index (χ1) is 14.1. The Balaban J connectivity index is 1.89. The minimum atomic E-state index is -0.267. The van der Waals surface area contributed by atoms with Crippen LogP contribution in [0.2, 0.25) is 0 Å². The zero-order valence-corrected chi connectivity index (χ0v) is 16.5. The number of rotatable bonds is 3. The van der Waals surface area contributed by atoms with Crippen molar-refractivity contribution < 1.29 is 4.74 Å². The number of nitrogens with zero attached hydrogens (tertiary/aromatic N) is 4. The van der Waals surface area contributed by atoms with E-state index >= 15 is 0 Å². The maximum absolute atomic E-state index is 9.81. The van der Waals surface area contributed by atoms with Crippen molar-refractivity contribution in [2.24, 2.45) is 5.73 Å². The second-order valence-corrected chi connectivity index (χ2v) is 7.52. The van der Waals surface area contributed by atoms with E-state index < -0.39 is 0 Å². The quantitative estimate of drug-likeness (QED) is 0.872. The van der Waals surface area contributed by atoms with Crippen LogP contribution in [0.3, 0.4) is 0 Å². The second kappa shape index (κ2) is 7.90. The van der Waals surface area contributed by atoms with Crippen molar-refractivity contribution in [1.29, 1.82) is 5.26 Å². The molecule has 0 amide bonds. The Morgan fingerprint density at radius 2 is 1.97 bits per heavy atom. The van der Waals surface area contributed by atoms with Crippen LogP contribution in [0.15, 0.2) is 77.4 Å². The fourth-order valence-corrected chi connectivity index (χ4v) is 3.85. The lowest BCUT2D eigenvalue weighted by Crippen LogP contribution is -2.41. The molecule has 4 rings (SSSR count). The lowest BCUT2D eigenvalue weighted by molar-refractivity contribution is 0.208. The molecule has 0 saturated carbocycles. The summed E-state index contributed by atoms with van der Waals surface area (Å²) in [6.45, 7) is 5.78. The average Bonchev–Trinajstić information content (AvgIpc) is 2.74. The molecule has 0 spiro atoms. The molecule has 0 aromatic carbocycles. The molecule has 4 heterocycles. The van der Waals surface area contributed by atoms with Crippen LogP contribution in [0.1, 0.15) is 30.9 Å². The smallest absolute Gasteiger partial charge is 0.205 e. The highest BCUT2D eigenvalue weighted by molar-refractivity contribution is 5.62. The Hall–Kier alpha value is -3.43. The summed E-state index contributed by atoms with van der Waals surface area (Å²) >= 11 is 0. The summed E-state index contributed by atoms with van der Waals surface area (Å²) in [5, 5.41) is 9.81. The first-order valence-corrected chi connectivity index (χ1v) is 9.64. The normalized spacial score (nSPS) is 21.2. The first kappa shape index (κ1) is 18.9. The van der Waals surface area contributed by atoms with Gasteiger partial charge < -0.3 is 10.5 Å². The zero-order valence-electron chi connectivity index (χ0n) is 16.5. The highest BCUT2D eigenvalue weighted by atomic mass is 16.5. The van der Waals surface area contributed by atoms with Crippen LogP contribution in [0.4, 0.5) is 0 Å². The largest absolute Gasteiger partial charge is 0.440 e. The molecule has 0 unspecified atom stereocenters. The molecule has 6 nitrogen and oxygen atoms in total. The van der Waals surface area contributed by atoms with Crippen molar-refractivity contribution in [2.75, 3.05) is 13.1 Å². The summed E-state index contributed by atoms with van der Waals surface area (Å²) in [6.07, 6.45) is 9.19. The van der Waals surface area contributed by atoms with Crippen LogP contribution < -0.4 is 5.73 Å². The Morgan fingerprint density at radius 1 is 1.21 bits per heavy atom. The van der Waals surface area contributed by atoms with Crippen LogP contribution in [-0.2, 0) is 4.74 Å². The van der Waals surface area contributed by atoms with E-state index in [-0.39, 0.29) is 11.8 Å². The van der Waals surface area contributed by atoms with E-state index in [0.29, 0.717) is 18.2 Å². The fraction of sp³-hybridized carbons (Fsp3) is 0.261. The van der Waals surface area contributed by atoms with Gasteiger partial charge in [0.1, 0.15) is 17.4 Å². The molecule has 0 saturated heterocycles. The van der Waals surface area contributed by atoms with Crippen molar-refractivity contribution in [1.82, 2.24) is 14.9 Å². The molecule has 146 valence electrons. The third kappa shape index (κ3) is 3.65. The number of hydrogen-bond acceptors (Lipinski definition) is 6. The maximum Gasteiger partial charge on any atom is 0.205 e. The summed E-state index contributed by atoms with van der Waals surface area (Å²) in [7, 11) is 0. The molecule has 29 heavy (non-hydrogen) atoms. The Bertz CT molecular complexity index is 1030. The molecule has 2 aliphatic rings. The molecule has 2 aromatic heterocycles. The molecule has 0 bridgehead atoms. The summed E-state index contributed by atoms with van der Waals surface area (Å²) in [6, 6.07) is 10.4. The number of nitrogens with two attached hydrogens (primary N) is 1. The van der Waals surface area contributed by atoms with Crippen molar-refractivity contribution in [3.05, 3.63) is 88.5 Å². The van der Waals surface area contributed by atoms with E-state index in [1.54, 1.807) is 18.6 Å². The van der Waals surface area contributed by atoms with Gasteiger partial charge in [0, 0.05) is 49.5 Å². The number of ether oxygens (including phenoxy) is 1. The summed E-state index contributed by atoms with van der Waals surface area (Å²) in [5.41, 5.74) is 10.6. The van der Waals surface area contributed by atoms with Crippen LogP contribution >= 0.6 is 0 Å². The maximum atomic E-state index is 9.81. The molecular weight excluding hydrogens is 362 g/mol. The standard InChI is InChI=1S/C23H23N5O/c1-15(2)28-13-18(9-16-5-3-7-26-11-16)22-20(14-28)21(17-6-4-8-27-12-17)19(10-24)23(25)29-22/h3-9,11-12,15,21H,13-14,25H2,1-2H3/b18-9-/t21-/m1/s1. The van der Waals surface area contributed by atoms with Crippen LogP contribution in [0, 0.1) is 11.3 Å². The summed E-state index contributed by atoms with van der Waals surface area (Å²) in [5.74, 6) is 0.655. The predicted octanol–water partition coefficient (Wildman–Crippen LogP) is 3.35. The molecule has 0 aliphatic carbocycles. The van der Waals surface area contributed by atoms with E-state index in [9.17, 15) is 5.26 Å². The van der Waals surface area contributed by atoms with Crippen LogP contribution in [0.5, 0.6) is 0 Å². The van der Waals surface area contributed by atoms with Gasteiger partial charge >= 0.3 is 0 Å². The van der Waals surface area contributed by atoms with Gasteiger partial charge in [0.15, 0.2) is 0 Å². The highest BCUT2D eigenvalue weighted by Gasteiger charge is 2.38. The summed E-state index contributed by atoms with van der Waals surface area (Å²) < 4.78 is 6.04. The highest BCUT2D eigenvalue weighted by Crippen LogP contribution is 2.43. The van der Waals surface area contributed by atoms with Crippen LogP contribution in [-0.4, -0.2) is 34.0 Å². The van der Waals surface area contributed by atoms with Crippen molar-refractivity contribution in [3.63, 3.8) is 0 Å². The van der Waals surface area contributed by atoms with E-state index in [1.807, 2.05) is 30.5 Å². The molecule has 1 atom stereocenters. The number of hydrogen-bond donors (Lipinski definition) is 1. The number of aromatic nitrogens is 2. The predicted molar refractivity (Wildman–Crippen MR) is 111 cm³/mol. The third-order valence-corrected chi connectivity index (χ3v) is 5.34. The van der Waals surface area contributed by atoms with E-state index in [4.69, 9.17) is 10.5 Å². The number of allylic oxidation sites excluding steroid dienone is 1. The lowest BCUT2D eigenvalue weighted by Gasteiger charge is -2.39. The molecule has 2 aromatic rings. The lowest BCUT2D eigenvalue weighted by atomic mass is 9.80. The van der Waals surface area contributed by atoms with Gasteiger partial charge in [-0.25, -0.2) is 0 Å². The average molecular weight is 385 g/mol. The molecular formula is C23H23N5O. The van der Waals surface area contributed by atoms with Gasteiger partial charge in [-0.15, -0.1) is 0 Å². The monoisotopic (exact) mass is 385 g/mol. The molecule has 0 radical (unpaired) electrons. The van der Waals surface area contributed by atoms with Crippen molar-refractivity contribution >= 4 is 6.08 Å². The van der Waals surface area contributed by atoms with Gasteiger partial charge in [0.05, 0.1) is 5.92 Å². The Kier molecular flexibility index (Phi) is 5.15. The van der Waals surface area contributed by atoms with Crippen LogP contribution in [0.25, 0.3) is 6.08 Å². The summed E-state index contributed by atoms with van der Waals surface area (Å²) in [4.78, 5) is 10.8. The van der Waals surface area contributed by atoms with Gasteiger partial charge in [-0.2, -0.15) is 5.26 Å². The number of nitriles is 1. The Labute approximate surface area is 170 Å². The van der Waals surface area contributed by atoms with Gasteiger partial charge in [-0.1, -0.05) is 12.1 Å². The topological polar surface area (TPSA) is 88.1 Å². The van der Waals surface area contributed by atoms with E-state index in [2.05, 4.69) is 40.9 Å². The minimum Gasteiger partial charge on any atom is -0.440 e. The third-order valence-electron chi connectivity index (χ3n) is 5.34. The Morgan fingerprint density at radius 3 is 2.59 bits per heavy atom. The van der Waals surface area contributed by atoms with Gasteiger partial charge in [-0.05, 0) is 48.8 Å². The van der Waals surface area contributed by atoms with E-state index in [1.165, 1.54) is 0 Å². The molecule has 6 heteroatoms. The SMILES string of the molecule is CC(C)N1CC2=C(OC(N)=C(C#N)[C@H]2c2cccnc2)/C(=C\c2cccnc2)C1. The zero-order chi connectivity index (χ0) is 20.4. The fourth-order valence-electron chi connectivity index (χ4n) is 3.85. The van der Waals surface area contributed by atoms with Gasteiger partial charge in [-0.3, -0.25) is 14.9 Å². The molecule has 2 N–H and O–H groups in total.